The monoisotopic (exact) mass is 316 g/mol. The molecule has 2 saturated heterocycles. The Morgan fingerprint density at radius 3 is 2.74 bits per heavy atom. The SMILES string of the molecule is C[C@H]1C2OC(=O)C3C2CC1[C@@H]3C[C@@H]1C2CC3C1OC(=O)[C@]3(C)C2. The Morgan fingerprint density at radius 2 is 1.91 bits per heavy atom. The molecule has 4 heteroatoms. The maximum Gasteiger partial charge on any atom is 0.312 e. The van der Waals surface area contributed by atoms with Crippen LogP contribution in [0, 0.1) is 52.8 Å². The lowest BCUT2D eigenvalue weighted by Gasteiger charge is -2.36. The highest BCUT2D eigenvalue weighted by molar-refractivity contribution is 5.80. The molecule has 124 valence electrons. The number of carbonyl (C=O) groups is 2. The lowest BCUT2D eigenvalue weighted by atomic mass is 9.66. The molecule has 0 aromatic rings. The summed E-state index contributed by atoms with van der Waals surface area (Å²) in [5, 5.41) is 0. The molecule has 6 rings (SSSR count). The van der Waals surface area contributed by atoms with Crippen LogP contribution in [0.1, 0.15) is 39.5 Å². The molecular formula is C19H24O4. The van der Waals surface area contributed by atoms with Gasteiger partial charge >= 0.3 is 11.9 Å². The summed E-state index contributed by atoms with van der Waals surface area (Å²) in [6, 6.07) is 0. The molecule has 0 aromatic heterocycles. The first-order valence-corrected chi connectivity index (χ1v) is 9.40. The number of hydrogen-bond acceptors (Lipinski definition) is 4. The van der Waals surface area contributed by atoms with E-state index < -0.39 is 0 Å². The molecule has 0 spiro atoms. The average Bonchev–Trinajstić information content (AvgIpc) is 3.25. The largest absolute Gasteiger partial charge is 0.462 e. The van der Waals surface area contributed by atoms with Crippen molar-refractivity contribution in [3.63, 3.8) is 0 Å². The molecule has 0 amide bonds. The van der Waals surface area contributed by atoms with Gasteiger partial charge in [0.15, 0.2) is 0 Å². The maximum atomic E-state index is 12.3. The molecule has 2 aliphatic heterocycles. The Bertz CT molecular complexity index is 629. The Labute approximate surface area is 136 Å². The fourth-order valence-electron chi connectivity index (χ4n) is 7.93. The lowest BCUT2D eigenvalue weighted by molar-refractivity contribution is -0.148. The molecular weight excluding hydrogens is 292 g/mol. The van der Waals surface area contributed by atoms with Crippen LogP contribution in [0.15, 0.2) is 0 Å². The Kier molecular flexibility index (Phi) is 2.18. The minimum Gasteiger partial charge on any atom is -0.462 e. The van der Waals surface area contributed by atoms with Gasteiger partial charge in [0.25, 0.3) is 0 Å². The number of rotatable bonds is 2. The summed E-state index contributed by atoms with van der Waals surface area (Å²) in [4.78, 5) is 24.6. The van der Waals surface area contributed by atoms with Gasteiger partial charge in [-0.2, -0.15) is 0 Å². The van der Waals surface area contributed by atoms with Crippen LogP contribution in [0.5, 0.6) is 0 Å². The molecule has 0 radical (unpaired) electrons. The third-order valence-electron chi connectivity index (χ3n) is 8.90. The van der Waals surface area contributed by atoms with Gasteiger partial charge in [-0.15, -0.1) is 0 Å². The number of esters is 2. The molecule has 23 heavy (non-hydrogen) atoms. The molecule has 0 aromatic carbocycles. The fraction of sp³-hybridized carbons (Fsp3) is 0.895. The van der Waals surface area contributed by atoms with Gasteiger partial charge in [-0.25, -0.2) is 0 Å². The zero-order valence-corrected chi connectivity index (χ0v) is 13.7. The number of fused-ring (bicyclic) bond motifs is 2. The molecule has 4 nitrogen and oxygen atoms in total. The molecule has 0 N–H and O–H groups in total. The molecule has 4 aliphatic carbocycles. The van der Waals surface area contributed by atoms with Gasteiger partial charge in [0.1, 0.15) is 12.2 Å². The van der Waals surface area contributed by atoms with Gasteiger partial charge in [0, 0.05) is 11.8 Å². The van der Waals surface area contributed by atoms with Crippen LogP contribution in [-0.2, 0) is 19.1 Å². The van der Waals surface area contributed by atoms with E-state index in [1.54, 1.807) is 0 Å². The van der Waals surface area contributed by atoms with Gasteiger partial charge in [0.2, 0.25) is 0 Å². The first-order chi connectivity index (χ1) is 11.0. The van der Waals surface area contributed by atoms with E-state index in [4.69, 9.17) is 9.47 Å². The second kappa shape index (κ2) is 3.78. The van der Waals surface area contributed by atoms with E-state index in [-0.39, 0.29) is 35.5 Å². The van der Waals surface area contributed by atoms with Crippen molar-refractivity contribution in [3.8, 4) is 0 Å². The summed E-state index contributed by atoms with van der Waals surface area (Å²) in [5.74, 6) is 3.90. The Balaban J connectivity index is 1.30. The highest BCUT2D eigenvalue weighted by Crippen LogP contribution is 2.67. The number of ether oxygens (including phenoxy) is 2. The van der Waals surface area contributed by atoms with Crippen LogP contribution in [0.4, 0.5) is 0 Å². The summed E-state index contributed by atoms with van der Waals surface area (Å²) in [6.45, 7) is 4.37. The third kappa shape index (κ3) is 1.30. The molecule has 6 aliphatic rings. The van der Waals surface area contributed by atoms with Crippen molar-refractivity contribution >= 4 is 11.9 Å². The molecule has 7 unspecified atom stereocenters. The van der Waals surface area contributed by atoms with Crippen LogP contribution >= 0.6 is 0 Å². The number of carbonyl (C=O) groups excluding carboxylic acids is 2. The van der Waals surface area contributed by atoms with Crippen LogP contribution < -0.4 is 0 Å². The van der Waals surface area contributed by atoms with Crippen LogP contribution in [0.2, 0.25) is 0 Å². The van der Waals surface area contributed by atoms with E-state index in [9.17, 15) is 9.59 Å². The first kappa shape index (κ1) is 13.3. The Hall–Kier alpha value is -1.06. The Morgan fingerprint density at radius 1 is 1.09 bits per heavy atom. The zero-order chi connectivity index (χ0) is 15.7. The van der Waals surface area contributed by atoms with Gasteiger partial charge in [-0.05, 0) is 62.2 Å². The highest BCUT2D eigenvalue weighted by atomic mass is 16.6. The van der Waals surface area contributed by atoms with E-state index in [0.29, 0.717) is 41.4 Å². The van der Waals surface area contributed by atoms with Crippen molar-refractivity contribution < 1.29 is 19.1 Å². The summed E-state index contributed by atoms with van der Waals surface area (Å²) in [5.41, 5.74) is -0.203. The second-order valence-electron chi connectivity index (χ2n) is 9.51. The molecule has 6 fully saturated rings. The molecule has 4 bridgehead atoms. The van der Waals surface area contributed by atoms with Crippen LogP contribution in [0.3, 0.4) is 0 Å². The number of hydrogen-bond donors (Lipinski definition) is 0. The molecule has 4 saturated carbocycles. The standard InChI is InChI=1S/C19H24O4/c1-7-9-4-12-14(17(20)22-15(7)12)11(9)5-10-8-3-13-16(10)23-18(21)19(13,2)6-8/h7-16H,3-6H2,1-2H3/t7-,8?,9?,10-,11+,12?,13?,14?,15?,16?,19-/m1/s1. The van der Waals surface area contributed by atoms with Gasteiger partial charge in [-0.1, -0.05) is 6.92 Å². The predicted molar refractivity (Wildman–Crippen MR) is 79.9 cm³/mol. The summed E-state index contributed by atoms with van der Waals surface area (Å²) >= 11 is 0. The molecule has 11 atom stereocenters. The van der Waals surface area contributed by atoms with Gasteiger partial charge in [0.05, 0.1) is 11.3 Å². The van der Waals surface area contributed by atoms with E-state index in [1.165, 1.54) is 6.42 Å². The second-order valence-corrected chi connectivity index (χ2v) is 9.51. The van der Waals surface area contributed by atoms with Crippen LogP contribution in [-0.4, -0.2) is 24.1 Å². The van der Waals surface area contributed by atoms with Crippen molar-refractivity contribution in [2.24, 2.45) is 52.8 Å². The normalized spacial score (nSPS) is 63.9. The smallest absolute Gasteiger partial charge is 0.312 e. The van der Waals surface area contributed by atoms with Crippen LogP contribution in [0.25, 0.3) is 0 Å². The van der Waals surface area contributed by atoms with E-state index >= 15 is 0 Å². The minimum atomic E-state index is -0.203. The summed E-state index contributed by atoms with van der Waals surface area (Å²) in [7, 11) is 0. The van der Waals surface area contributed by atoms with E-state index in [1.807, 2.05) is 0 Å². The van der Waals surface area contributed by atoms with Crippen molar-refractivity contribution in [2.45, 2.75) is 51.7 Å². The van der Waals surface area contributed by atoms with E-state index in [0.717, 1.165) is 19.3 Å². The quantitative estimate of drug-likeness (QED) is 0.734. The topological polar surface area (TPSA) is 52.6 Å². The molecule has 2 heterocycles. The maximum absolute atomic E-state index is 12.3. The van der Waals surface area contributed by atoms with Crippen molar-refractivity contribution in [2.75, 3.05) is 0 Å². The highest BCUT2D eigenvalue weighted by Gasteiger charge is 2.70. The minimum absolute atomic E-state index is 0.0409. The third-order valence-corrected chi connectivity index (χ3v) is 8.90. The van der Waals surface area contributed by atoms with Gasteiger partial charge in [-0.3, -0.25) is 9.59 Å². The van der Waals surface area contributed by atoms with E-state index in [2.05, 4.69) is 13.8 Å². The van der Waals surface area contributed by atoms with Crippen molar-refractivity contribution in [1.29, 1.82) is 0 Å². The summed E-state index contributed by atoms with van der Waals surface area (Å²) < 4.78 is 11.5. The predicted octanol–water partition coefficient (Wildman–Crippen LogP) is 2.41. The summed E-state index contributed by atoms with van der Waals surface area (Å²) in [6.07, 6.45) is 4.75. The average molecular weight is 316 g/mol. The fourth-order valence-corrected chi connectivity index (χ4v) is 7.93. The van der Waals surface area contributed by atoms with Crippen molar-refractivity contribution in [1.82, 2.24) is 0 Å². The zero-order valence-electron chi connectivity index (χ0n) is 13.7. The van der Waals surface area contributed by atoms with Gasteiger partial charge < -0.3 is 9.47 Å². The van der Waals surface area contributed by atoms with Crippen molar-refractivity contribution in [3.05, 3.63) is 0 Å². The first-order valence-electron chi connectivity index (χ1n) is 9.40. The lowest BCUT2D eigenvalue weighted by Crippen LogP contribution is -2.38.